The fraction of sp³-hybridized carbons (Fsp3) is 0.286. The first-order chi connectivity index (χ1) is 15.0. The molecule has 1 saturated heterocycles. The summed E-state index contributed by atoms with van der Waals surface area (Å²) in [5.74, 6) is 1.55. The van der Waals surface area contributed by atoms with E-state index in [0.29, 0.717) is 30.4 Å². The van der Waals surface area contributed by atoms with E-state index in [1.807, 2.05) is 24.3 Å². The lowest BCUT2D eigenvalue weighted by Crippen LogP contribution is -2.41. The van der Waals surface area contributed by atoms with Crippen LogP contribution in [0, 0.1) is 10.1 Å². The minimum Gasteiger partial charge on any atom is -0.497 e. The number of carbonyl (C=O) groups is 1. The number of nitro benzene ring substituents is 1. The van der Waals surface area contributed by atoms with Crippen LogP contribution in [0.5, 0.6) is 5.75 Å². The number of nitrogens with one attached hydrogen (secondary N) is 1. The van der Waals surface area contributed by atoms with Crippen molar-refractivity contribution in [3.05, 3.63) is 64.5 Å². The number of ether oxygens (including phenoxy) is 1. The minimum absolute atomic E-state index is 0.0363. The molecule has 1 atom stereocenters. The zero-order valence-electron chi connectivity index (χ0n) is 16.9. The molecule has 160 valence electrons. The molecule has 1 N–H and O–H groups in total. The predicted molar refractivity (Wildman–Crippen MR) is 112 cm³/mol. The van der Waals surface area contributed by atoms with Crippen molar-refractivity contribution in [3.63, 3.8) is 0 Å². The third kappa shape index (κ3) is 4.47. The van der Waals surface area contributed by atoms with E-state index < -0.39 is 4.92 Å². The van der Waals surface area contributed by atoms with E-state index in [1.165, 1.54) is 24.3 Å². The maximum Gasteiger partial charge on any atom is 0.322 e. The monoisotopic (exact) mass is 423 g/mol. The number of rotatable bonds is 5. The van der Waals surface area contributed by atoms with Gasteiger partial charge in [0.15, 0.2) is 0 Å². The summed E-state index contributed by atoms with van der Waals surface area (Å²) in [6.07, 6.45) is 2.51. The first-order valence-electron chi connectivity index (χ1n) is 9.85. The van der Waals surface area contributed by atoms with Crippen LogP contribution in [-0.2, 0) is 0 Å². The van der Waals surface area contributed by atoms with E-state index in [-0.39, 0.29) is 17.8 Å². The average molecular weight is 423 g/mol. The molecule has 10 heteroatoms. The first kappa shape index (κ1) is 20.3. The molecule has 31 heavy (non-hydrogen) atoms. The number of hydrogen-bond donors (Lipinski definition) is 1. The number of benzene rings is 2. The van der Waals surface area contributed by atoms with E-state index in [1.54, 1.807) is 12.0 Å². The van der Waals surface area contributed by atoms with Gasteiger partial charge in [0.2, 0.25) is 11.7 Å². The number of hydrogen-bond acceptors (Lipinski definition) is 7. The average Bonchev–Trinajstić information content (AvgIpc) is 3.29. The van der Waals surface area contributed by atoms with Gasteiger partial charge in [-0.1, -0.05) is 5.16 Å². The second kappa shape index (κ2) is 8.82. The highest BCUT2D eigenvalue weighted by atomic mass is 16.6. The Morgan fingerprint density at radius 3 is 2.61 bits per heavy atom. The van der Waals surface area contributed by atoms with Gasteiger partial charge in [0.05, 0.1) is 12.0 Å². The molecule has 1 unspecified atom stereocenters. The lowest BCUT2D eigenvalue weighted by atomic mass is 10.0. The Morgan fingerprint density at radius 1 is 1.19 bits per heavy atom. The summed E-state index contributed by atoms with van der Waals surface area (Å²) >= 11 is 0. The molecule has 2 aromatic carbocycles. The molecule has 10 nitrogen and oxygen atoms in total. The molecule has 1 aliphatic heterocycles. The van der Waals surface area contributed by atoms with Crippen molar-refractivity contribution in [2.75, 3.05) is 19.0 Å². The number of anilines is 1. The Kier molecular flexibility index (Phi) is 5.78. The lowest BCUT2D eigenvalue weighted by Gasteiger charge is -2.33. The summed E-state index contributed by atoms with van der Waals surface area (Å²) in [6.45, 7) is 0.545. The van der Waals surface area contributed by atoms with Crippen LogP contribution in [0.15, 0.2) is 53.1 Å². The Bertz CT molecular complexity index is 1060. The van der Waals surface area contributed by atoms with Crippen molar-refractivity contribution in [2.24, 2.45) is 0 Å². The van der Waals surface area contributed by atoms with Gasteiger partial charge in [-0.2, -0.15) is 4.98 Å². The van der Waals surface area contributed by atoms with Crippen LogP contribution < -0.4 is 10.1 Å². The van der Waals surface area contributed by atoms with E-state index in [9.17, 15) is 14.9 Å². The summed E-state index contributed by atoms with van der Waals surface area (Å²) < 4.78 is 10.7. The Morgan fingerprint density at radius 2 is 1.94 bits per heavy atom. The van der Waals surface area contributed by atoms with Gasteiger partial charge in [-0.15, -0.1) is 0 Å². The summed E-state index contributed by atoms with van der Waals surface area (Å²) in [5.41, 5.74) is 1.23. The molecular weight excluding hydrogens is 402 g/mol. The number of piperidine rings is 1. The maximum atomic E-state index is 12.9. The predicted octanol–water partition coefficient (Wildman–Crippen LogP) is 4.41. The van der Waals surface area contributed by atoms with Gasteiger partial charge in [-0.3, -0.25) is 10.1 Å². The number of nitrogens with zero attached hydrogens (tertiary/aromatic N) is 4. The van der Waals surface area contributed by atoms with Crippen molar-refractivity contribution in [2.45, 2.75) is 25.3 Å². The zero-order chi connectivity index (χ0) is 21.8. The molecule has 3 aromatic rings. The van der Waals surface area contributed by atoms with Gasteiger partial charge in [0.25, 0.3) is 5.69 Å². The number of urea groups is 1. The quantitative estimate of drug-likeness (QED) is 0.476. The molecule has 1 fully saturated rings. The van der Waals surface area contributed by atoms with Gasteiger partial charge in [-0.05, 0) is 55.7 Å². The Balaban J connectivity index is 1.50. The smallest absolute Gasteiger partial charge is 0.322 e. The molecule has 0 bridgehead atoms. The van der Waals surface area contributed by atoms with Crippen molar-refractivity contribution in [1.82, 2.24) is 15.0 Å². The van der Waals surface area contributed by atoms with E-state index in [0.717, 1.165) is 24.2 Å². The van der Waals surface area contributed by atoms with Crippen molar-refractivity contribution in [3.8, 4) is 17.1 Å². The van der Waals surface area contributed by atoms with Gasteiger partial charge < -0.3 is 19.5 Å². The molecule has 0 radical (unpaired) electrons. The number of carbonyl (C=O) groups excluding carboxylic acids is 1. The SMILES string of the molecule is COc1ccc(-c2noc(C3CCCCN3C(=O)Nc3ccc([N+](=O)[O-])cc3)n2)cc1. The van der Waals surface area contributed by atoms with Crippen LogP contribution >= 0.6 is 0 Å². The number of likely N-dealkylation sites (tertiary alicyclic amines) is 1. The summed E-state index contributed by atoms with van der Waals surface area (Å²) in [7, 11) is 1.60. The number of methoxy groups -OCH3 is 1. The summed E-state index contributed by atoms with van der Waals surface area (Å²) in [4.78, 5) is 29.4. The van der Waals surface area contributed by atoms with Crippen LogP contribution in [-0.4, -0.2) is 39.6 Å². The fourth-order valence-electron chi connectivity index (χ4n) is 3.52. The highest BCUT2D eigenvalue weighted by molar-refractivity contribution is 5.89. The lowest BCUT2D eigenvalue weighted by molar-refractivity contribution is -0.384. The van der Waals surface area contributed by atoms with Crippen molar-refractivity contribution < 1.29 is 19.0 Å². The third-order valence-corrected chi connectivity index (χ3v) is 5.17. The van der Waals surface area contributed by atoms with E-state index in [4.69, 9.17) is 9.26 Å². The van der Waals surface area contributed by atoms with Gasteiger partial charge in [-0.25, -0.2) is 4.79 Å². The van der Waals surface area contributed by atoms with Gasteiger partial charge in [0.1, 0.15) is 11.8 Å². The molecule has 2 amide bonds. The molecular formula is C21H21N5O5. The number of amides is 2. The zero-order valence-corrected chi connectivity index (χ0v) is 16.9. The molecule has 2 heterocycles. The standard InChI is InChI=1S/C21H21N5O5/c1-30-17-11-5-14(6-12-17)19-23-20(31-24-19)18-4-2-3-13-25(18)21(27)22-15-7-9-16(10-8-15)26(28)29/h5-12,18H,2-4,13H2,1H3,(H,22,27). The highest BCUT2D eigenvalue weighted by Crippen LogP contribution is 2.32. The van der Waals surface area contributed by atoms with Crippen LogP contribution in [0.1, 0.15) is 31.2 Å². The fourth-order valence-corrected chi connectivity index (χ4v) is 3.52. The maximum absolute atomic E-state index is 12.9. The highest BCUT2D eigenvalue weighted by Gasteiger charge is 2.32. The van der Waals surface area contributed by atoms with Gasteiger partial charge in [0, 0.05) is 29.9 Å². The van der Waals surface area contributed by atoms with Crippen molar-refractivity contribution in [1.29, 1.82) is 0 Å². The molecule has 0 spiro atoms. The van der Waals surface area contributed by atoms with Crippen LogP contribution in [0.2, 0.25) is 0 Å². The number of nitro groups is 1. The Hall–Kier alpha value is -3.95. The second-order valence-corrected chi connectivity index (χ2v) is 7.12. The minimum atomic E-state index is -0.484. The van der Waals surface area contributed by atoms with E-state index in [2.05, 4.69) is 15.5 Å². The topological polar surface area (TPSA) is 124 Å². The first-order valence-corrected chi connectivity index (χ1v) is 9.85. The van der Waals surface area contributed by atoms with Crippen molar-refractivity contribution >= 4 is 17.4 Å². The van der Waals surface area contributed by atoms with Crippen LogP contribution in [0.25, 0.3) is 11.4 Å². The largest absolute Gasteiger partial charge is 0.497 e. The van der Waals surface area contributed by atoms with Crippen LogP contribution in [0.3, 0.4) is 0 Å². The summed E-state index contributed by atoms with van der Waals surface area (Å²) in [5, 5.41) is 17.7. The molecule has 1 aromatic heterocycles. The molecule has 0 saturated carbocycles. The molecule has 1 aliphatic rings. The van der Waals surface area contributed by atoms with Crippen LogP contribution in [0.4, 0.5) is 16.2 Å². The van der Waals surface area contributed by atoms with Gasteiger partial charge >= 0.3 is 6.03 Å². The third-order valence-electron chi connectivity index (χ3n) is 5.17. The number of non-ortho nitro benzene ring substituents is 1. The summed E-state index contributed by atoms with van der Waals surface area (Å²) in [6, 6.07) is 12.4. The van der Waals surface area contributed by atoms with E-state index >= 15 is 0 Å². The normalized spacial score (nSPS) is 16.0. The second-order valence-electron chi connectivity index (χ2n) is 7.12. The number of aromatic nitrogens is 2. The Labute approximate surface area is 178 Å². The molecule has 4 rings (SSSR count). The molecule has 0 aliphatic carbocycles.